The van der Waals surface area contributed by atoms with E-state index in [4.69, 9.17) is 0 Å². The lowest BCUT2D eigenvalue weighted by molar-refractivity contribution is 0.112. The number of para-hydroxylation sites is 2. The number of nitrogens with zero attached hydrogens (tertiary/aromatic N) is 3. The van der Waals surface area contributed by atoms with Crippen LogP contribution in [0.5, 0.6) is 0 Å². The molecule has 0 saturated heterocycles. The third kappa shape index (κ3) is 2.93. The van der Waals surface area contributed by atoms with Gasteiger partial charge in [0.25, 0.3) is 0 Å². The molecule has 5 heteroatoms. The van der Waals surface area contributed by atoms with E-state index in [1.165, 1.54) is 22.5 Å². The smallest absolute Gasteiger partial charge is 0.152 e. The molecule has 4 aromatic carbocycles. The predicted octanol–water partition coefficient (Wildman–Crippen LogP) is 7.28. The van der Waals surface area contributed by atoms with Crippen molar-refractivity contribution in [1.82, 2.24) is 8.75 Å². The first kappa shape index (κ1) is 19.8. The summed E-state index contributed by atoms with van der Waals surface area (Å²) < 4.78 is 8.88. The maximum Gasteiger partial charge on any atom is 0.152 e. The van der Waals surface area contributed by atoms with Crippen LogP contribution in [0.2, 0.25) is 0 Å². The molecule has 5 aromatic rings. The van der Waals surface area contributed by atoms with E-state index in [0.717, 1.165) is 40.3 Å². The van der Waals surface area contributed by atoms with Gasteiger partial charge in [-0.05, 0) is 53.1 Å². The molecule has 0 amide bonds. The van der Waals surface area contributed by atoms with Crippen molar-refractivity contribution in [2.24, 2.45) is 0 Å². The van der Waals surface area contributed by atoms with Gasteiger partial charge in [0.15, 0.2) is 6.29 Å². The van der Waals surface area contributed by atoms with Crippen molar-refractivity contribution in [3.05, 3.63) is 102 Å². The van der Waals surface area contributed by atoms with Crippen LogP contribution in [-0.2, 0) is 5.41 Å². The Morgan fingerprint density at radius 2 is 1.52 bits per heavy atom. The van der Waals surface area contributed by atoms with Crippen molar-refractivity contribution >= 4 is 46.1 Å². The topological polar surface area (TPSA) is 46.1 Å². The van der Waals surface area contributed by atoms with Crippen LogP contribution in [0.1, 0.15) is 35.3 Å². The van der Waals surface area contributed by atoms with Crippen LogP contribution in [0.15, 0.2) is 84.9 Å². The maximum atomic E-state index is 11.5. The molecule has 160 valence electrons. The Kier molecular flexibility index (Phi) is 4.42. The van der Waals surface area contributed by atoms with Gasteiger partial charge < -0.3 is 4.90 Å². The lowest BCUT2D eigenvalue weighted by atomic mass is 9.73. The fourth-order valence-electron chi connectivity index (χ4n) is 4.94. The zero-order valence-electron chi connectivity index (χ0n) is 18.3. The molecule has 33 heavy (non-hydrogen) atoms. The van der Waals surface area contributed by atoms with Gasteiger partial charge in [-0.15, -0.1) is 0 Å². The second-order valence-electron chi connectivity index (χ2n) is 8.83. The van der Waals surface area contributed by atoms with Crippen molar-refractivity contribution in [3.63, 3.8) is 0 Å². The molecule has 0 spiro atoms. The Bertz CT molecular complexity index is 1520. The predicted molar refractivity (Wildman–Crippen MR) is 135 cm³/mol. The fraction of sp³-hybridized carbons (Fsp3) is 0.107. The van der Waals surface area contributed by atoms with E-state index in [9.17, 15) is 4.79 Å². The molecule has 0 aliphatic carbocycles. The number of aldehydes is 1. The molecule has 0 unspecified atom stereocenters. The Hall–Kier alpha value is -3.83. The normalized spacial score (nSPS) is 14.1. The summed E-state index contributed by atoms with van der Waals surface area (Å²) >= 11 is 1.14. The van der Waals surface area contributed by atoms with Gasteiger partial charge >= 0.3 is 0 Å². The number of rotatable bonds is 3. The number of benzene rings is 4. The average molecular weight is 448 g/mol. The summed E-state index contributed by atoms with van der Waals surface area (Å²) in [7, 11) is 0. The van der Waals surface area contributed by atoms with Crippen LogP contribution < -0.4 is 4.90 Å². The van der Waals surface area contributed by atoms with Gasteiger partial charge in [0, 0.05) is 22.2 Å². The molecule has 1 aliphatic rings. The molecule has 1 aromatic heterocycles. The first-order valence-electron chi connectivity index (χ1n) is 10.9. The van der Waals surface area contributed by atoms with Gasteiger partial charge in [0.1, 0.15) is 11.0 Å². The zero-order valence-corrected chi connectivity index (χ0v) is 19.1. The third-order valence-corrected chi connectivity index (χ3v) is 7.16. The molecular weight excluding hydrogens is 426 g/mol. The average Bonchev–Trinajstić information content (AvgIpc) is 3.34. The number of aromatic nitrogens is 2. The first-order valence-corrected chi connectivity index (χ1v) is 11.6. The minimum absolute atomic E-state index is 0.185. The molecule has 2 heterocycles. The van der Waals surface area contributed by atoms with Crippen molar-refractivity contribution in [3.8, 4) is 11.1 Å². The quantitative estimate of drug-likeness (QED) is 0.273. The Labute approximate surface area is 196 Å². The van der Waals surface area contributed by atoms with Crippen LogP contribution in [-0.4, -0.2) is 15.0 Å². The second-order valence-corrected chi connectivity index (χ2v) is 9.36. The third-order valence-electron chi connectivity index (χ3n) is 6.63. The summed E-state index contributed by atoms with van der Waals surface area (Å²) in [5.74, 6) is 0. The number of carbonyl (C=O) groups is 1. The standard InChI is InChI=1S/C28H21N3OS/c1-28(2)22-10-6-7-11-24(22)31(20-8-4-3-5-9-20)25-15-13-18(16-23(25)28)21-14-12-19(17-32)26-27(21)30-33-29-26/h3-17H,1-2H3. The van der Waals surface area contributed by atoms with E-state index >= 15 is 0 Å². The Morgan fingerprint density at radius 1 is 0.788 bits per heavy atom. The number of fused-ring (bicyclic) bond motifs is 3. The highest BCUT2D eigenvalue weighted by Gasteiger charge is 2.37. The number of anilines is 3. The van der Waals surface area contributed by atoms with E-state index in [-0.39, 0.29) is 5.41 Å². The molecule has 0 fully saturated rings. The van der Waals surface area contributed by atoms with Crippen LogP contribution in [0, 0.1) is 0 Å². The van der Waals surface area contributed by atoms with Gasteiger partial charge in [0.2, 0.25) is 0 Å². The number of carbonyl (C=O) groups excluding carboxylic acids is 1. The summed E-state index contributed by atoms with van der Waals surface area (Å²) in [6, 6.07) is 29.6. The van der Waals surface area contributed by atoms with Crippen molar-refractivity contribution in [2.45, 2.75) is 19.3 Å². The first-order chi connectivity index (χ1) is 16.1. The van der Waals surface area contributed by atoms with Crippen molar-refractivity contribution in [2.75, 3.05) is 4.90 Å². The summed E-state index contributed by atoms with van der Waals surface area (Å²) in [6.07, 6.45) is 0.845. The fourth-order valence-corrected chi connectivity index (χ4v) is 5.52. The summed E-state index contributed by atoms with van der Waals surface area (Å²) in [4.78, 5) is 13.8. The lowest BCUT2D eigenvalue weighted by Gasteiger charge is -2.42. The zero-order chi connectivity index (χ0) is 22.6. The Morgan fingerprint density at radius 3 is 2.33 bits per heavy atom. The summed E-state index contributed by atoms with van der Waals surface area (Å²) in [6.45, 7) is 4.57. The largest absolute Gasteiger partial charge is 0.310 e. The molecular formula is C28H21N3OS. The Balaban J connectivity index is 1.60. The molecule has 4 nitrogen and oxygen atoms in total. The van der Waals surface area contributed by atoms with E-state index in [1.807, 2.05) is 18.2 Å². The lowest BCUT2D eigenvalue weighted by Crippen LogP contribution is -2.30. The molecule has 0 N–H and O–H groups in total. The second kappa shape index (κ2) is 7.36. The van der Waals surface area contributed by atoms with Gasteiger partial charge in [-0.2, -0.15) is 8.75 Å². The van der Waals surface area contributed by atoms with E-state index in [0.29, 0.717) is 11.1 Å². The van der Waals surface area contributed by atoms with Gasteiger partial charge in [-0.25, -0.2) is 0 Å². The van der Waals surface area contributed by atoms with E-state index < -0.39 is 0 Å². The highest BCUT2D eigenvalue weighted by molar-refractivity contribution is 7.00. The van der Waals surface area contributed by atoms with Crippen LogP contribution >= 0.6 is 11.7 Å². The molecule has 0 saturated carbocycles. The van der Waals surface area contributed by atoms with E-state index in [2.05, 4.69) is 94.2 Å². The molecule has 0 atom stereocenters. The molecule has 0 bridgehead atoms. The number of hydrogen-bond acceptors (Lipinski definition) is 5. The van der Waals surface area contributed by atoms with Crippen LogP contribution in [0.4, 0.5) is 17.1 Å². The van der Waals surface area contributed by atoms with Gasteiger partial charge in [-0.1, -0.05) is 62.4 Å². The highest BCUT2D eigenvalue weighted by atomic mass is 32.1. The molecule has 1 aliphatic heterocycles. The summed E-state index contributed by atoms with van der Waals surface area (Å²) in [5, 5.41) is 0. The molecule has 0 radical (unpaired) electrons. The van der Waals surface area contributed by atoms with Crippen LogP contribution in [0.25, 0.3) is 22.2 Å². The van der Waals surface area contributed by atoms with Crippen LogP contribution in [0.3, 0.4) is 0 Å². The highest BCUT2D eigenvalue weighted by Crippen LogP contribution is 2.52. The van der Waals surface area contributed by atoms with Gasteiger partial charge in [0.05, 0.1) is 23.1 Å². The van der Waals surface area contributed by atoms with E-state index in [1.54, 1.807) is 0 Å². The van der Waals surface area contributed by atoms with Gasteiger partial charge in [-0.3, -0.25) is 4.79 Å². The minimum Gasteiger partial charge on any atom is -0.310 e. The number of hydrogen-bond donors (Lipinski definition) is 0. The maximum absolute atomic E-state index is 11.5. The summed E-state index contributed by atoms with van der Waals surface area (Å²) in [5.41, 5.74) is 9.95. The van der Waals surface area contributed by atoms with Crippen molar-refractivity contribution < 1.29 is 4.79 Å². The SMILES string of the molecule is CC1(C)c2ccccc2N(c2ccccc2)c2ccc(-c3ccc(C=O)c4nsnc34)cc21. The van der Waals surface area contributed by atoms with Crippen molar-refractivity contribution in [1.29, 1.82) is 0 Å². The monoisotopic (exact) mass is 447 g/mol. The minimum atomic E-state index is -0.185. The molecule has 6 rings (SSSR count).